The molecular weight excluding hydrogens is 240 g/mol. The molecule has 1 atom stereocenters. The summed E-state index contributed by atoms with van der Waals surface area (Å²) in [5.41, 5.74) is 4.38. The smallest absolute Gasteiger partial charge is 0.0397 e. The van der Waals surface area contributed by atoms with E-state index in [2.05, 4.69) is 47.2 Å². The van der Waals surface area contributed by atoms with Crippen molar-refractivity contribution in [2.75, 3.05) is 36.5 Å². The predicted octanol–water partition coefficient (Wildman–Crippen LogP) is 2.52. The number of hydrogen-bond donors (Lipinski definition) is 1. The van der Waals surface area contributed by atoms with Gasteiger partial charge in [-0.3, -0.25) is 0 Å². The van der Waals surface area contributed by atoms with Crippen LogP contribution in [0.3, 0.4) is 0 Å². The molecule has 0 saturated carbocycles. The highest BCUT2D eigenvalue weighted by atomic mass is 32.2. The Morgan fingerprint density at radius 3 is 3.22 bits per heavy atom. The molecule has 0 amide bonds. The molecule has 0 aromatic heterocycles. The molecule has 1 unspecified atom stereocenters. The Kier molecular flexibility index (Phi) is 3.80. The van der Waals surface area contributed by atoms with Crippen molar-refractivity contribution in [3.05, 3.63) is 29.3 Å². The fraction of sp³-hybridized carbons (Fsp3) is 0.600. The zero-order valence-corrected chi connectivity index (χ0v) is 11.9. The zero-order chi connectivity index (χ0) is 12.4. The number of anilines is 1. The van der Waals surface area contributed by atoms with Crippen LogP contribution in [0.1, 0.15) is 17.5 Å². The van der Waals surface area contributed by atoms with Crippen LogP contribution < -0.4 is 10.2 Å². The van der Waals surface area contributed by atoms with E-state index in [1.54, 1.807) is 0 Å². The fourth-order valence-corrected chi connectivity index (χ4v) is 4.18. The summed E-state index contributed by atoms with van der Waals surface area (Å²) in [6.07, 6.45) is 2.60. The highest BCUT2D eigenvalue weighted by molar-refractivity contribution is 7.99. The summed E-state index contributed by atoms with van der Waals surface area (Å²) in [7, 11) is 2.18. The van der Waals surface area contributed by atoms with Gasteiger partial charge in [-0.25, -0.2) is 0 Å². The van der Waals surface area contributed by atoms with Gasteiger partial charge in [0.2, 0.25) is 0 Å². The maximum absolute atomic E-state index is 3.62. The first-order chi connectivity index (χ1) is 8.83. The molecule has 18 heavy (non-hydrogen) atoms. The van der Waals surface area contributed by atoms with Crippen LogP contribution in [-0.2, 0) is 13.0 Å². The van der Waals surface area contributed by atoms with E-state index in [1.165, 1.54) is 54.3 Å². The lowest BCUT2D eigenvalue weighted by Crippen LogP contribution is -2.22. The standard InChI is InChI=1S/C15H22N2S/c1-17-6-4-14-8-12(2-3-15(14)17)9-16-10-13-5-7-18-11-13/h2-3,8,13,16H,4-7,9-11H2,1H3. The number of fused-ring (bicyclic) bond motifs is 1. The van der Waals surface area contributed by atoms with Crippen molar-refractivity contribution in [2.24, 2.45) is 5.92 Å². The maximum Gasteiger partial charge on any atom is 0.0397 e. The second-order valence-corrected chi connectivity index (χ2v) is 6.64. The monoisotopic (exact) mass is 262 g/mol. The number of hydrogen-bond acceptors (Lipinski definition) is 3. The Bertz CT molecular complexity index is 413. The molecule has 2 heterocycles. The number of benzene rings is 1. The van der Waals surface area contributed by atoms with E-state index in [1.807, 2.05) is 0 Å². The third-order valence-electron chi connectivity index (χ3n) is 4.06. The van der Waals surface area contributed by atoms with Gasteiger partial charge in [-0.05, 0) is 54.0 Å². The summed E-state index contributed by atoms with van der Waals surface area (Å²) >= 11 is 2.10. The summed E-state index contributed by atoms with van der Waals surface area (Å²) in [4.78, 5) is 2.35. The van der Waals surface area contributed by atoms with Crippen molar-refractivity contribution in [1.29, 1.82) is 0 Å². The molecule has 1 aromatic carbocycles. The van der Waals surface area contributed by atoms with Crippen LogP contribution in [-0.4, -0.2) is 31.6 Å². The van der Waals surface area contributed by atoms with E-state index in [9.17, 15) is 0 Å². The molecule has 2 aliphatic rings. The molecule has 1 N–H and O–H groups in total. The average molecular weight is 262 g/mol. The number of nitrogens with one attached hydrogen (secondary N) is 1. The van der Waals surface area contributed by atoms with Gasteiger partial charge in [0.1, 0.15) is 0 Å². The highest BCUT2D eigenvalue weighted by Gasteiger charge is 2.16. The summed E-state index contributed by atoms with van der Waals surface area (Å²) in [6, 6.07) is 6.94. The van der Waals surface area contributed by atoms with Crippen molar-refractivity contribution in [1.82, 2.24) is 5.32 Å². The Labute approximate surface area is 114 Å². The third-order valence-corrected chi connectivity index (χ3v) is 5.29. The zero-order valence-electron chi connectivity index (χ0n) is 11.1. The quantitative estimate of drug-likeness (QED) is 0.897. The minimum absolute atomic E-state index is 0.899. The van der Waals surface area contributed by atoms with Gasteiger partial charge in [-0.2, -0.15) is 11.8 Å². The second kappa shape index (κ2) is 5.54. The van der Waals surface area contributed by atoms with Crippen molar-refractivity contribution in [3.63, 3.8) is 0 Å². The van der Waals surface area contributed by atoms with Gasteiger partial charge in [-0.1, -0.05) is 12.1 Å². The molecular formula is C15H22N2S. The first kappa shape index (κ1) is 12.4. The minimum Gasteiger partial charge on any atom is -0.374 e. The molecule has 98 valence electrons. The van der Waals surface area contributed by atoms with Crippen LogP contribution in [0.25, 0.3) is 0 Å². The summed E-state index contributed by atoms with van der Waals surface area (Å²) in [5.74, 6) is 3.61. The fourth-order valence-electron chi connectivity index (χ4n) is 2.90. The predicted molar refractivity (Wildman–Crippen MR) is 80.6 cm³/mol. The molecule has 0 bridgehead atoms. The minimum atomic E-state index is 0.899. The Morgan fingerprint density at radius 1 is 1.44 bits per heavy atom. The maximum atomic E-state index is 3.62. The van der Waals surface area contributed by atoms with E-state index in [0.29, 0.717) is 0 Å². The normalized spacial score (nSPS) is 22.5. The lowest BCUT2D eigenvalue weighted by Gasteiger charge is -2.13. The number of rotatable bonds is 4. The molecule has 1 fully saturated rings. The van der Waals surface area contributed by atoms with Gasteiger partial charge >= 0.3 is 0 Å². The summed E-state index contributed by atoms with van der Waals surface area (Å²) in [6.45, 7) is 3.38. The van der Waals surface area contributed by atoms with E-state index < -0.39 is 0 Å². The van der Waals surface area contributed by atoms with E-state index >= 15 is 0 Å². The van der Waals surface area contributed by atoms with Gasteiger partial charge in [0.25, 0.3) is 0 Å². The Hall–Kier alpha value is -0.670. The lowest BCUT2D eigenvalue weighted by atomic mass is 10.1. The molecule has 0 aliphatic carbocycles. The Morgan fingerprint density at radius 2 is 2.39 bits per heavy atom. The summed E-state index contributed by atoms with van der Waals surface area (Å²) in [5, 5.41) is 3.62. The van der Waals surface area contributed by atoms with Gasteiger partial charge < -0.3 is 10.2 Å². The van der Waals surface area contributed by atoms with Crippen LogP contribution in [0.15, 0.2) is 18.2 Å². The van der Waals surface area contributed by atoms with E-state index in [-0.39, 0.29) is 0 Å². The topological polar surface area (TPSA) is 15.3 Å². The average Bonchev–Trinajstić information content (AvgIpc) is 3.00. The van der Waals surface area contributed by atoms with Gasteiger partial charge in [0.05, 0.1) is 0 Å². The summed E-state index contributed by atoms with van der Waals surface area (Å²) < 4.78 is 0. The van der Waals surface area contributed by atoms with E-state index in [4.69, 9.17) is 0 Å². The third kappa shape index (κ3) is 2.67. The number of likely N-dealkylation sites (N-methyl/N-ethyl adjacent to an activating group) is 1. The largest absolute Gasteiger partial charge is 0.374 e. The van der Waals surface area contributed by atoms with Crippen LogP contribution in [0.4, 0.5) is 5.69 Å². The molecule has 0 spiro atoms. The molecule has 0 radical (unpaired) electrons. The van der Waals surface area contributed by atoms with Crippen molar-refractivity contribution < 1.29 is 0 Å². The Balaban J connectivity index is 1.53. The SMILES string of the molecule is CN1CCc2cc(CNCC3CCSC3)ccc21. The lowest BCUT2D eigenvalue weighted by molar-refractivity contribution is 0.523. The molecule has 2 aliphatic heterocycles. The van der Waals surface area contributed by atoms with Gasteiger partial charge in [-0.15, -0.1) is 0 Å². The first-order valence-electron chi connectivity index (χ1n) is 6.94. The second-order valence-electron chi connectivity index (χ2n) is 5.50. The van der Waals surface area contributed by atoms with Gasteiger partial charge in [0.15, 0.2) is 0 Å². The van der Waals surface area contributed by atoms with Crippen molar-refractivity contribution in [2.45, 2.75) is 19.4 Å². The molecule has 1 aromatic rings. The van der Waals surface area contributed by atoms with Gasteiger partial charge in [0, 0.05) is 25.8 Å². The molecule has 3 heteroatoms. The van der Waals surface area contributed by atoms with Crippen LogP contribution in [0, 0.1) is 5.92 Å². The molecule has 3 rings (SSSR count). The first-order valence-corrected chi connectivity index (χ1v) is 8.10. The number of nitrogens with zero attached hydrogens (tertiary/aromatic N) is 1. The van der Waals surface area contributed by atoms with Crippen LogP contribution in [0.5, 0.6) is 0 Å². The number of thioether (sulfide) groups is 1. The van der Waals surface area contributed by atoms with E-state index in [0.717, 1.165) is 12.5 Å². The van der Waals surface area contributed by atoms with Crippen LogP contribution in [0.2, 0.25) is 0 Å². The van der Waals surface area contributed by atoms with Crippen molar-refractivity contribution >= 4 is 17.4 Å². The molecule has 1 saturated heterocycles. The highest BCUT2D eigenvalue weighted by Crippen LogP contribution is 2.27. The van der Waals surface area contributed by atoms with Crippen LogP contribution >= 0.6 is 11.8 Å². The van der Waals surface area contributed by atoms with Crippen molar-refractivity contribution in [3.8, 4) is 0 Å². The molecule has 2 nitrogen and oxygen atoms in total.